The van der Waals surface area contributed by atoms with Gasteiger partial charge in [-0.05, 0) is 26.0 Å². The molecule has 0 amide bonds. The van der Waals surface area contributed by atoms with E-state index in [0.717, 1.165) is 31.5 Å². The molecule has 2 fully saturated rings. The molecule has 104 valence electrons. The van der Waals surface area contributed by atoms with Crippen LogP contribution in [0.5, 0.6) is 5.88 Å². The van der Waals surface area contributed by atoms with Crippen molar-refractivity contribution in [3.05, 3.63) is 23.9 Å². The molecule has 0 saturated heterocycles. The van der Waals surface area contributed by atoms with Crippen LogP contribution < -0.4 is 10.1 Å². The van der Waals surface area contributed by atoms with Crippen LogP contribution in [-0.2, 0) is 6.18 Å². The Hall–Kier alpha value is -1.30. The molecule has 3 atom stereocenters. The number of nitrogens with zero attached hydrogens (tertiary/aromatic N) is 1. The fourth-order valence-corrected chi connectivity index (χ4v) is 3.10. The van der Waals surface area contributed by atoms with Gasteiger partial charge in [0.1, 0.15) is 6.10 Å². The van der Waals surface area contributed by atoms with Crippen molar-refractivity contribution in [1.82, 2.24) is 10.3 Å². The number of halogens is 3. The summed E-state index contributed by atoms with van der Waals surface area (Å²) in [6.45, 7) is 0. The summed E-state index contributed by atoms with van der Waals surface area (Å²) < 4.78 is 42.8. The maximum atomic E-state index is 12.4. The lowest BCUT2D eigenvalue weighted by atomic mass is 9.51. The third-order valence-electron chi connectivity index (χ3n) is 4.46. The standard InChI is InChI=1S/C13H15F3N2O/c1-17-12-5-4-9(12)10(6-12)19-11-3-2-8(7-18-11)13(14,15)16/h2-3,7,9-10,17H,4-6H2,1H3. The number of pyridine rings is 1. The maximum absolute atomic E-state index is 12.4. The Bertz CT molecular complexity index is 470. The maximum Gasteiger partial charge on any atom is 0.417 e. The zero-order valence-corrected chi connectivity index (χ0v) is 10.5. The second-order valence-electron chi connectivity index (χ2n) is 5.29. The highest BCUT2D eigenvalue weighted by Crippen LogP contribution is 2.54. The van der Waals surface area contributed by atoms with E-state index >= 15 is 0 Å². The highest BCUT2D eigenvalue weighted by molar-refractivity contribution is 5.23. The molecule has 1 aromatic heterocycles. The monoisotopic (exact) mass is 272 g/mol. The van der Waals surface area contributed by atoms with Gasteiger partial charge in [-0.25, -0.2) is 4.98 Å². The molecule has 19 heavy (non-hydrogen) atoms. The molecule has 1 N–H and O–H groups in total. The fourth-order valence-electron chi connectivity index (χ4n) is 3.10. The topological polar surface area (TPSA) is 34.1 Å². The molecule has 2 aliphatic rings. The number of nitrogens with one attached hydrogen (secondary N) is 1. The lowest BCUT2D eigenvalue weighted by molar-refractivity contribution is -0.138. The molecular formula is C13H15F3N2O. The van der Waals surface area contributed by atoms with Crippen molar-refractivity contribution < 1.29 is 17.9 Å². The third-order valence-corrected chi connectivity index (χ3v) is 4.46. The number of hydrogen-bond acceptors (Lipinski definition) is 3. The number of fused-ring (bicyclic) bond motifs is 1. The van der Waals surface area contributed by atoms with Gasteiger partial charge >= 0.3 is 6.18 Å². The first-order valence-corrected chi connectivity index (χ1v) is 6.33. The van der Waals surface area contributed by atoms with Crippen molar-refractivity contribution in [2.45, 2.75) is 37.1 Å². The number of hydrogen-bond donors (Lipinski definition) is 1. The van der Waals surface area contributed by atoms with Gasteiger partial charge in [-0.3, -0.25) is 0 Å². The van der Waals surface area contributed by atoms with E-state index in [2.05, 4.69) is 10.3 Å². The van der Waals surface area contributed by atoms with Gasteiger partial charge < -0.3 is 10.1 Å². The Morgan fingerprint density at radius 3 is 2.63 bits per heavy atom. The third kappa shape index (κ3) is 1.98. The highest BCUT2D eigenvalue weighted by atomic mass is 19.4. The Balaban J connectivity index is 1.63. The molecule has 0 spiro atoms. The summed E-state index contributed by atoms with van der Waals surface area (Å²) in [4.78, 5) is 3.74. The van der Waals surface area contributed by atoms with Gasteiger partial charge in [0.05, 0.1) is 5.56 Å². The first-order chi connectivity index (χ1) is 8.94. The van der Waals surface area contributed by atoms with Gasteiger partial charge in [0, 0.05) is 30.1 Å². The number of ether oxygens (including phenoxy) is 1. The summed E-state index contributed by atoms with van der Waals surface area (Å²) in [6.07, 6.45) is -0.306. The molecule has 1 aromatic rings. The van der Waals surface area contributed by atoms with E-state index in [9.17, 15) is 13.2 Å². The van der Waals surface area contributed by atoms with Crippen molar-refractivity contribution >= 4 is 0 Å². The van der Waals surface area contributed by atoms with Gasteiger partial charge in [0.15, 0.2) is 0 Å². The van der Waals surface area contributed by atoms with E-state index in [1.54, 1.807) is 0 Å². The van der Waals surface area contributed by atoms with Crippen molar-refractivity contribution in [3.63, 3.8) is 0 Å². The predicted octanol–water partition coefficient (Wildman–Crippen LogP) is 2.62. The van der Waals surface area contributed by atoms with Crippen LogP contribution in [0.25, 0.3) is 0 Å². The van der Waals surface area contributed by atoms with E-state index in [1.807, 2.05) is 7.05 Å². The zero-order chi connectivity index (χ0) is 13.7. The molecule has 3 rings (SSSR count). The summed E-state index contributed by atoms with van der Waals surface area (Å²) >= 11 is 0. The lowest BCUT2D eigenvalue weighted by Gasteiger charge is -2.62. The first-order valence-electron chi connectivity index (χ1n) is 6.33. The normalized spacial score (nSPS) is 33.1. The Morgan fingerprint density at radius 1 is 1.42 bits per heavy atom. The first kappa shape index (κ1) is 12.7. The van der Waals surface area contributed by atoms with Crippen LogP contribution in [0, 0.1) is 5.92 Å². The Labute approximate surface area is 109 Å². The summed E-state index contributed by atoms with van der Waals surface area (Å²) in [5.74, 6) is 0.733. The highest BCUT2D eigenvalue weighted by Gasteiger charge is 2.60. The number of aromatic nitrogens is 1. The van der Waals surface area contributed by atoms with Crippen LogP contribution in [0.4, 0.5) is 13.2 Å². The van der Waals surface area contributed by atoms with E-state index in [4.69, 9.17) is 4.74 Å². The molecule has 3 unspecified atom stereocenters. The number of alkyl halides is 3. The van der Waals surface area contributed by atoms with Crippen LogP contribution in [-0.4, -0.2) is 23.7 Å². The molecule has 0 radical (unpaired) electrons. The van der Waals surface area contributed by atoms with Crippen LogP contribution in [0.1, 0.15) is 24.8 Å². The van der Waals surface area contributed by atoms with Gasteiger partial charge in [-0.1, -0.05) is 0 Å². The van der Waals surface area contributed by atoms with E-state index in [-0.39, 0.29) is 17.5 Å². The summed E-state index contributed by atoms with van der Waals surface area (Å²) in [5, 5.41) is 3.31. The molecule has 2 aliphatic carbocycles. The largest absolute Gasteiger partial charge is 0.474 e. The van der Waals surface area contributed by atoms with Crippen molar-refractivity contribution in [1.29, 1.82) is 0 Å². The second-order valence-corrected chi connectivity index (χ2v) is 5.29. The molecule has 0 bridgehead atoms. The molecule has 1 heterocycles. The summed E-state index contributed by atoms with van der Waals surface area (Å²) in [5.41, 5.74) is -0.544. The lowest BCUT2D eigenvalue weighted by Crippen LogP contribution is -2.72. The molecule has 0 aliphatic heterocycles. The summed E-state index contributed by atoms with van der Waals surface area (Å²) in [6, 6.07) is 2.30. The smallest absolute Gasteiger partial charge is 0.417 e. The minimum atomic E-state index is -4.35. The SMILES string of the molecule is CNC12CCC1C(Oc1ccc(C(F)(F)F)cn1)C2. The average Bonchev–Trinajstić information content (AvgIpc) is 2.34. The van der Waals surface area contributed by atoms with Gasteiger partial charge in [-0.15, -0.1) is 0 Å². The van der Waals surface area contributed by atoms with E-state index in [1.165, 1.54) is 6.07 Å². The van der Waals surface area contributed by atoms with Crippen molar-refractivity contribution in [2.24, 2.45) is 5.92 Å². The van der Waals surface area contributed by atoms with Gasteiger partial charge in [-0.2, -0.15) is 13.2 Å². The summed E-state index contributed by atoms with van der Waals surface area (Å²) in [7, 11) is 1.94. The Kier molecular flexibility index (Phi) is 2.74. The zero-order valence-electron chi connectivity index (χ0n) is 10.5. The van der Waals surface area contributed by atoms with E-state index in [0.29, 0.717) is 5.92 Å². The van der Waals surface area contributed by atoms with Crippen molar-refractivity contribution in [2.75, 3.05) is 7.05 Å². The minimum absolute atomic E-state index is 0.0745. The molecular weight excluding hydrogens is 257 g/mol. The molecule has 0 aromatic carbocycles. The minimum Gasteiger partial charge on any atom is -0.474 e. The van der Waals surface area contributed by atoms with Crippen molar-refractivity contribution in [3.8, 4) is 5.88 Å². The average molecular weight is 272 g/mol. The molecule has 3 nitrogen and oxygen atoms in total. The molecule has 2 saturated carbocycles. The van der Waals surface area contributed by atoms with Crippen LogP contribution >= 0.6 is 0 Å². The number of rotatable bonds is 3. The van der Waals surface area contributed by atoms with Crippen LogP contribution in [0.3, 0.4) is 0 Å². The van der Waals surface area contributed by atoms with Crippen LogP contribution in [0.15, 0.2) is 18.3 Å². The van der Waals surface area contributed by atoms with E-state index < -0.39 is 11.7 Å². The quantitative estimate of drug-likeness (QED) is 0.918. The van der Waals surface area contributed by atoms with Crippen LogP contribution in [0.2, 0.25) is 0 Å². The Morgan fingerprint density at radius 2 is 2.21 bits per heavy atom. The second kappa shape index (κ2) is 4.10. The fraction of sp³-hybridized carbons (Fsp3) is 0.615. The van der Waals surface area contributed by atoms with Gasteiger partial charge in [0.2, 0.25) is 5.88 Å². The van der Waals surface area contributed by atoms with Gasteiger partial charge in [0.25, 0.3) is 0 Å². The predicted molar refractivity (Wildman–Crippen MR) is 62.8 cm³/mol. The molecule has 6 heteroatoms.